The number of halogens is 1. The summed E-state index contributed by atoms with van der Waals surface area (Å²) in [6.07, 6.45) is 1.48. The molecule has 0 radical (unpaired) electrons. The molecular weight excluding hydrogens is 357 g/mol. The van der Waals surface area contributed by atoms with E-state index in [0.717, 1.165) is 24.0 Å². The maximum Gasteiger partial charge on any atom is 0.321 e. The van der Waals surface area contributed by atoms with Gasteiger partial charge in [-0.05, 0) is 62.1 Å². The minimum absolute atomic E-state index is 0.0463. The lowest BCUT2D eigenvalue weighted by atomic mass is 9.81. The zero-order valence-electron chi connectivity index (χ0n) is 16.3. The van der Waals surface area contributed by atoms with Crippen molar-refractivity contribution >= 4 is 17.6 Å². The molecule has 1 aliphatic rings. The fraction of sp³-hybridized carbons (Fsp3) is 0.364. The molecule has 1 unspecified atom stereocenters. The van der Waals surface area contributed by atoms with Crippen LogP contribution in [0.4, 0.5) is 14.9 Å². The van der Waals surface area contributed by atoms with Crippen LogP contribution >= 0.6 is 0 Å². The Morgan fingerprint density at radius 1 is 1.14 bits per heavy atom. The van der Waals surface area contributed by atoms with E-state index < -0.39 is 5.41 Å². The van der Waals surface area contributed by atoms with Crippen molar-refractivity contribution in [1.82, 2.24) is 10.2 Å². The minimum atomic E-state index is -0.638. The fourth-order valence-corrected chi connectivity index (χ4v) is 3.53. The molecule has 1 atom stereocenters. The molecule has 148 valence electrons. The highest BCUT2D eigenvalue weighted by atomic mass is 19.1. The van der Waals surface area contributed by atoms with Gasteiger partial charge in [0.2, 0.25) is 5.91 Å². The maximum atomic E-state index is 13.0. The van der Waals surface area contributed by atoms with Gasteiger partial charge >= 0.3 is 6.03 Å². The van der Waals surface area contributed by atoms with Crippen molar-refractivity contribution in [3.8, 4) is 0 Å². The number of piperidine rings is 1. The maximum absolute atomic E-state index is 13.0. The van der Waals surface area contributed by atoms with Gasteiger partial charge in [-0.3, -0.25) is 4.79 Å². The van der Waals surface area contributed by atoms with Crippen molar-refractivity contribution < 1.29 is 14.0 Å². The highest BCUT2D eigenvalue weighted by molar-refractivity contribution is 5.90. The summed E-state index contributed by atoms with van der Waals surface area (Å²) in [7, 11) is 0. The standard InChI is InChI=1S/C22H26FN3O2/c1-16-6-3-4-7-17(16)14-24-20(27)22(2)12-5-13-26(15-22)21(28)25-19-10-8-18(23)9-11-19/h3-4,6-11H,5,12-15H2,1-2H3,(H,24,27)(H,25,28). The van der Waals surface area contributed by atoms with Crippen molar-refractivity contribution in [2.45, 2.75) is 33.2 Å². The molecule has 1 saturated heterocycles. The van der Waals surface area contributed by atoms with Gasteiger partial charge in [-0.2, -0.15) is 0 Å². The first-order chi connectivity index (χ1) is 13.4. The Labute approximate surface area is 164 Å². The number of carbonyl (C=O) groups excluding carboxylic acids is 2. The quantitative estimate of drug-likeness (QED) is 0.836. The van der Waals surface area contributed by atoms with Crippen LogP contribution in [0, 0.1) is 18.2 Å². The summed E-state index contributed by atoms with van der Waals surface area (Å²) in [6, 6.07) is 13.3. The second-order valence-electron chi connectivity index (χ2n) is 7.63. The number of amides is 3. The number of aryl methyl sites for hydroxylation is 1. The Kier molecular flexibility index (Phi) is 5.97. The number of rotatable bonds is 4. The van der Waals surface area contributed by atoms with Crippen molar-refractivity contribution in [1.29, 1.82) is 0 Å². The Morgan fingerprint density at radius 2 is 1.86 bits per heavy atom. The molecule has 0 aliphatic carbocycles. The number of benzene rings is 2. The zero-order valence-corrected chi connectivity index (χ0v) is 16.3. The number of nitrogens with zero attached hydrogens (tertiary/aromatic N) is 1. The molecule has 2 N–H and O–H groups in total. The highest BCUT2D eigenvalue weighted by Crippen LogP contribution is 2.30. The number of hydrogen-bond donors (Lipinski definition) is 2. The topological polar surface area (TPSA) is 61.4 Å². The van der Waals surface area contributed by atoms with Gasteiger partial charge in [0.05, 0.1) is 5.41 Å². The predicted octanol–water partition coefficient (Wildman–Crippen LogP) is 4.08. The number of likely N-dealkylation sites (tertiary alicyclic amines) is 1. The van der Waals surface area contributed by atoms with Gasteiger partial charge in [0.25, 0.3) is 0 Å². The molecule has 28 heavy (non-hydrogen) atoms. The fourth-order valence-electron chi connectivity index (χ4n) is 3.53. The summed E-state index contributed by atoms with van der Waals surface area (Å²) < 4.78 is 13.0. The molecule has 0 aromatic heterocycles. The van der Waals surface area contributed by atoms with Crippen LogP contribution in [-0.2, 0) is 11.3 Å². The van der Waals surface area contributed by atoms with Crippen LogP contribution in [0.25, 0.3) is 0 Å². The SMILES string of the molecule is Cc1ccccc1CNC(=O)C1(C)CCCN(C(=O)Nc2ccc(F)cc2)C1. The van der Waals surface area contributed by atoms with Crippen LogP contribution in [-0.4, -0.2) is 29.9 Å². The van der Waals surface area contributed by atoms with Crippen LogP contribution in [0.1, 0.15) is 30.9 Å². The Hall–Kier alpha value is -2.89. The number of hydrogen-bond acceptors (Lipinski definition) is 2. The minimum Gasteiger partial charge on any atom is -0.351 e. The van der Waals surface area contributed by atoms with Crippen molar-refractivity contribution in [3.05, 3.63) is 65.5 Å². The van der Waals surface area contributed by atoms with Gasteiger partial charge in [-0.15, -0.1) is 0 Å². The molecule has 5 nitrogen and oxygen atoms in total. The largest absolute Gasteiger partial charge is 0.351 e. The third-order valence-electron chi connectivity index (χ3n) is 5.33. The smallest absolute Gasteiger partial charge is 0.321 e. The van der Waals surface area contributed by atoms with Crippen molar-refractivity contribution in [3.63, 3.8) is 0 Å². The van der Waals surface area contributed by atoms with Gasteiger partial charge in [-0.25, -0.2) is 9.18 Å². The molecule has 0 saturated carbocycles. The first-order valence-electron chi connectivity index (χ1n) is 9.52. The molecule has 1 aliphatic heterocycles. The van der Waals surface area contributed by atoms with E-state index in [-0.39, 0.29) is 17.8 Å². The summed E-state index contributed by atoms with van der Waals surface area (Å²) in [5, 5.41) is 5.80. The van der Waals surface area contributed by atoms with E-state index in [9.17, 15) is 14.0 Å². The third kappa shape index (κ3) is 4.68. The summed E-state index contributed by atoms with van der Waals surface area (Å²) >= 11 is 0. The first-order valence-corrected chi connectivity index (χ1v) is 9.52. The summed E-state index contributed by atoms with van der Waals surface area (Å²) in [5.74, 6) is -0.399. The molecule has 1 fully saturated rings. The zero-order chi connectivity index (χ0) is 20.1. The normalized spacial score (nSPS) is 19.2. The lowest BCUT2D eigenvalue weighted by Gasteiger charge is -2.39. The Balaban J connectivity index is 1.60. The summed E-state index contributed by atoms with van der Waals surface area (Å²) in [5.41, 5.74) is 2.11. The van der Waals surface area contributed by atoms with E-state index >= 15 is 0 Å². The van der Waals surface area contributed by atoms with Crippen LogP contribution in [0.2, 0.25) is 0 Å². The molecular formula is C22H26FN3O2. The van der Waals surface area contributed by atoms with E-state index in [4.69, 9.17) is 0 Å². The average Bonchev–Trinajstić information content (AvgIpc) is 2.69. The van der Waals surface area contributed by atoms with Crippen LogP contribution in [0.5, 0.6) is 0 Å². The second-order valence-corrected chi connectivity index (χ2v) is 7.63. The van der Waals surface area contributed by atoms with Gasteiger partial charge in [0.15, 0.2) is 0 Å². The van der Waals surface area contributed by atoms with Crippen LogP contribution < -0.4 is 10.6 Å². The third-order valence-corrected chi connectivity index (χ3v) is 5.33. The van der Waals surface area contributed by atoms with Crippen LogP contribution in [0.3, 0.4) is 0 Å². The summed E-state index contributed by atoms with van der Waals surface area (Å²) in [6.45, 7) is 5.33. The highest BCUT2D eigenvalue weighted by Gasteiger charge is 2.39. The van der Waals surface area contributed by atoms with Crippen LogP contribution in [0.15, 0.2) is 48.5 Å². The average molecular weight is 383 g/mol. The number of urea groups is 1. The van der Waals surface area contributed by atoms with Crippen molar-refractivity contribution in [2.24, 2.45) is 5.41 Å². The van der Waals surface area contributed by atoms with E-state index in [1.807, 2.05) is 38.1 Å². The molecule has 6 heteroatoms. The Bertz CT molecular complexity index is 853. The van der Waals surface area contributed by atoms with E-state index in [1.54, 1.807) is 4.90 Å². The van der Waals surface area contributed by atoms with Gasteiger partial charge in [0, 0.05) is 25.3 Å². The van der Waals surface area contributed by atoms with Crippen molar-refractivity contribution in [2.75, 3.05) is 18.4 Å². The molecule has 3 amide bonds. The first kappa shape index (κ1) is 19.9. The molecule has 0 bridgehead atoms. The van der Waals surface area contributed by atoms with Gasteiger partial charge < -0.3 is 15.5 Å². The van der Waals surface area contributed by atoms with Gasteiger partial charge in [-0.1, -0.05) is 24.3 Å². The lowest BCUT2D eigenvalue weighted by molar-refractivity contribution is -0.132. The Morgan fingerprint density at radius 3 is 2.57 bits per heavy atom. The molecule has 1 heterocycles. The molecule has 2 aromatic rings. The van der Waals surface area contributed by atoms with E-state index in [0.29, 0.717) is 25.3 Å². The lowest BCUT2D eigenvalue weighted by Crippen LogP contribution is -2.52. The number of nitrogens with one attached hydrogen (secondary N) is 2. The second kappa shape index (κ2) is 8.42. The van der Waals surface area contributed by atoms with E-state index in [2.05, 4.69) is 10.6 Å². The molecule has 2 aromatic carbocycles. The van der Waals surface area contributed by atoms with Gasteiger partial charge in [0.1, 0.15) is 5.82 Å². The molecule has 0 spiro atoms. The van der Waals surface area contributed by atoms with E-state index in [1.165, 1.54) is 24.3 Å². The molecule has 3 rings (SSSR count). The summed E-state index contributed by atoms with van der Waals surface area (Å²) in [4.78, 5) is 27.1. The monoisotopic (exact) mass is 383 g/mol. The number of carbonyl (C=O) groups is 2. The predicted molar refractivity (Wildman–Crippen MR) is 107 cm³/mol. The number of anilines is 1.